The lowest BCUT2D eigenvalue weighted by Gasteiger charge is -2.36. The number of fused-ring (bicyclic) bond motifs is 3. The van der Waals surface area contributed by atoms with Gasteiger partial charge in [0.25, 0.3) is 0 Å². The van der Waals surface area contributed by atoms with Gasteiger partial charge < -0.3 is 10.1 Å². The number of esters is 1. The first-order valence-electron chi connectivity index (χ1n) is 7.01. The Labute approximate surface area is 124 Å². The summed E-state index contributed by atoms with van der Waals surface area (Å²) < 4.78 is 5.21. The van der Waals surface area contributed by atoms with Crippen LogP contribution in [0.4, 0.5) is 5.69 Å². The summed E-state index contributed by atoms with van der Waals surface area (Å²) in [5.74, 6) is 0.309. The number of ether oxygens (including phenoxy) is 1. The average molecular weight is 292 g/mol. The molecule has 0 unspecified atom stereocenters. The van der Waals surface area contributed by atoms with Crippen molar-refractivity contribution in [2.45, 2.75) is 32.2 Å². The summed E-state index contributed by atoms with van der Waals surface area (Å²) >= 11 is 6.18. The van der Waals surface area contributed by atoms with E-state index in [-0.39, 0.29) is 23.8 Å². The zero-order valence-corrected chi connectivity index (χ0v) is 12.4. The van der Waals surface area contributed by atoms with Gasteiger partial charge in [0.05, 0.1) is 6.61 Å². The first kappa shape index (κ1) is 13.5. The second-order valence-electron chi connectivity index (χ2n) is 5.41. The Bertz CT molecular complexity index is 582. The molecule has 3 rings (SSSR count). The maximum Gasteiger partial charge on any atom is 0.328 e. The van der Waals surface area contributed by atoms with Gasteiger partial charge in [-0.15, -0.1) is 0 Å². The summed E-state index contributed by atoms with van der Waals surface area (Å²) in [7, 11) is 0. The number of allylic oxidation sites excluding steroid dienone is 2. The van der Waals surface area contributed by atoms with Crippen molar-refractivity contribution in [1.29, 1.82) is 0 Å². The van der Waals surface area contributed by atoms with E-state index < -0.39 is 0 Å². The largest absolute Gasteiger partial charge is 0.464 e. The molecule has 3 atom stereocenters. The van der Waals surface area contributed by atoms with Crippen molar-refractivity contribution in [3.63, 3.8) is 0 Å². The molecule has 0 saturated heterocycles. The third-order valence-corrected chi connectivity index (χ3v) is 4.39. The van der Waals surface area contributed by atoms with Crippen LogP contribution in [0, 0.1) is 12.8 Å². The number of carbonyl (C=O) groups is 1. The van der Waals surface area contributed by atoms with Crippen molar-refractivity contribution >= 4 is 23.3 Å². The summed E-state index contributed by atoms with van der Waals surface area (Å²) in [6, 6.07) is 3.66. The van der Waals surface area contributed by atoms with E-state index in [1.54, 1.807) is 0 Å². The minimum Gasteiger partial charge on any atom is -0.464 e. The van der Waals surface area contributed by atoms with E-state index in [9.17, 15) is 4.79 Å². The molecular weight excluding hydrogens is 274 g/mol. The molecule has 2 aliphatic rings. The van der Waals surface area contributed by atoms with Crippen LogP contribution in [-0.4, -0.2) is 18.6 Å². The first-order valence-corrected chi connectivity index (χ1v) is 7.39. The van der Waals surface area contributed by atoms with Crippen LogP contribution in [0.1, 0.15) is 30.4 Å². The predicted molar refractivity (Wildman–Crippen MR) is 80.2 cm³/mol. The molecule has 0 aromatic heterocycles. The molecule has 1 aliphatic carbocycles. The van der Waals surface area contributed by atoms with E-state index in [2.05, 4.69) is 17.5 Å². The average Bonchev–Trinajstić information content (AvgIpc) is 2.87. The Hall–Kier alpha value is -1.48. The molecule has 1 aromatic rings. The second kappa shape index (κ2) is 5.13. The number of carbonyl (C=O) groups excluding carboxylic acids is 1. The first-order chi connectivity index (χ1) is 9.61. The topological polar surface area (TPSA) is 38.3 Å². The number of aryl methyl sites for hydroxylation is 1. The SMILES string of the molecule is CCOC(=O)[C@H]1Nc2c(C)cc(Cl)cc2[C@H]2C=CC[C@@H]12. The zero-order valence-electron chi connectivity index (χ0n) is 11.7. The Kier molecular flexibility index (Phi) is 3.47. The van der Waals surface area contributed by atoms with Crippen LogP contribution in [0.5, 0.6) is 0 Å². The minimum atomic E-state index is -0.276. The lowest BCUT2D eigenvalue weighted by molar-refractivity contribution is -0.145. The maximum atomic E-state index is 12.2. The number of halogens is 1. The summed E-state index contributed by atoms with van der Waals surface area (Å²) in [4.78, 5) is 12.2. The molecule has 1 heterocycles. The molecule has 0 radical (unpaired) electrons. The molecule has 3 nitrogen and oxygen atoms in total. The normalized spacial score (nSPS) is 26.6. The zero-order chi connectivity index (χ0) is 14.3. The smallest absolute Gasteiger partial charge is 0.328 e. The van der Waals surface area contributed by atoms with Gasteiger partial charge >= 0.3 is 5.97 Å². The number of benzene rings is 1. The lowest BCUT2D eigenvalue weighted by Crippen LogP contribution is -2.43. The van der Waals surface area contributed by atoms with Crippen LogP contribution in [0.3, 0.4) is 0 Å². The molecular formula is C16H18ClNO2. The lowest BCUT2D eigenvalue weighted by atomic mass is 9.78. The highest BCUT2D eigenvalue weighted by Crippen LogP contribution is 2.46. The fraction of sp³-hybridized carbons (Fsp3) is 0.438. The molecule has 0 saturated carbocycles. The van der Waals surface area contributed by atoms with E-state index in [1.807, 2.05) is 26.0 Å². The van der Waals surface area contributed by atoms with Crippen LogP contribution in [0.25, 0.3) is 0 Å². The Morgan fingerprint density at radius 3 is 3.05 bits per heavy atom. The number of hydrogen-bond acceptors (Lipinski definition) is 3. The highest BCUT2D eigenvalue weighted by atomic mass is 35.5. The number of rotatable bonds is 2. The molecule has 0 bridgehead atoms. The molecule has 0 fully saturated rings. The van der Waals surface area contributed by atoms with Gasteiger partial charge in [0.2, 0.25) is 0 Å². The van der Waals surface area contributed by atoms with Crippen molar-refractivity contribution in [3.05, 3.63) is 40.4 Å². The summed E-state index contributed by atoms with van der Waals surface area (Å²) in [6.07, 6.45) is 5.23. The monoisotopic (exact) mass is 291 g/mol. The Balaban J connectivity index is 2.03. The fourth-order valence-corrected chi connectivity index (χ4v) is 3.59. The van der Waals surface area contributed by atoms with Crippen LogP contribution in [0.2, 0.25) is 5.02 Å². The number of anilines is 1. The van der Waals surface area contributed by atoms with Crippen LogP contribution < -0.4 is 5.32 Å². The molecule has 1 N–H and O–H groups in total. The van der Waals surface area contributed by atoms with E-state index in [4.69, 9.17) is 16.3 Å². The van der Waals surface area contributed by atoms with E-state index >= 15 is 0 Å². The van der Waals surface area contributed by atoms with Gasteiger partial charge in [0.15, 0.2) is 0 Å². The van der Waals surface area contributed by atoms with Gasteiger partial charge in [0.1, 0.15) is 6.04 Å². The van der Waals surface area contributed by atoms with Gasteiger partial charge in [-0.1, -0.05) is 23.8 Å². The third kappa shape index (κ3) is 2.10. The standard InChI is InChI=1S/C16H18ClNO2/c1-3-20-16(19)15-12-6-4-5-11(12)13-8-10(17)7-9(2)14(13)18-15/h4-5,7-8,11-12,15,18H,3,6H2,1-2H3/t11-,12+,15-/m0/s1. The Morgan fingerprint density at radius 2 is 2.30 bits per heavy atom. The third-order valence-electron chi connectivity index (χ3n) is 4.17. The highest BCUT2D eigenvalue weighted by Gasteiger charge is 2.41. The fourth-order valence-electron chi connectivity index (χ4n) is 3.31. The summed E-state index contributed by atoms with van der Waals surface area (Å²) in [6.45, 7) is 4.26. The van der Waals surface area contributed by atoms with E-state index in [1.165, 1.54) is 5.56 Å². The number of nitrogens with one attached hydrogen (secondary N) is 1. The van der Waals surface area contributed by atoms with E-state index in [0.717, 1.165) is 22.7 Å². The minimum absolute atomic E-state index is 0.161. The molecule has 106 valence electrons. The molecule has 20 heavy (non-hydrogen) atoms. The van der Waals surface area contributed by atoms with Crippen molar-refractivity contribution in [3.8, 4) is 0 Å². The van der Waals surface area contributed by atoms with Crippen molar-refractivity contribution in [2.75, 3.05) is 11.9 Å². The van der Waals surface area contributed by atoms with Gasteiger partial charge in [-0.25, -0.2) is 4.79 Å². The quantitative estimate of drug-likeness (QED) is 0.667. The molecule has 0 amide bonds. The molecule has 1 aliphatic heterocycles. The van der Waals surface area contributed by atoms with Crippen LogP contribution in [-0.2, 0) is 9.53 Å². The number of hydrogen-bond donors (Lipinski definition) is 1. The summed E-state index contributed by atoms with van der Waals surface area (Å²) in [5, 5.41) is 4.12. The molecule has 4 heteroatoms. The molecule has 0 spiro atoms. The second-order valence-corrected chi connectivity index (χ2v) is 5.85. The van der Waals surface area contributed by atoms with Crippen molar-refractivity contribution in [1.82, 2.24) is 0 Å². The maximum absolute atomic E-state index is 12.2. The molecule has 1 aromatic carbocycles. The summed E-state index contributed by atoms with van der Waals surface area (Å²) in [5.41, 5.74) is 3.29. The van der Waals surface area contributed by atoms with Gasteiger partial charge in [0, 0.05) is 22.5 Å². The van der Waals surface area contributed by atoms with Crippen molar-refractivity contribution in [2.24, 2.45) is 5.92 Å². The van der Waals surface area contributed by atoms with Gasteiger partial charge in [-0.3, -0.25) is 0 Å². The van der Waals surface area contributed by atoms with Crippen molar-refractivity contribution < 1.29 is 9.53 Å². The van der Waals surface area contributed by atoms with Gasteiger partial charge in [-0.05, 0) is 43.5 Å². The highest BCUT2D eigenvalue weighted by molar-refractivity contribution is 6.30. The van der Waals surface area contributed by atoms with Gasteiger partial charge in [-0.2, -0.15) is 0 Å². The van der Waals surface area contributed by atoms with E-state index in [0.29, 0.717) is 6.61 Å². The predicted octanol–water partition coefficient (Wildman–Crippen LogP) is 3.67. The van der Waals surface area contributed by atoms with Crippen LogP contribution in [0.15, 0.2) is 24.3 Å². The van der Waals surface area contributed by atoms with Crippen LogP contribution >= 0.6 is 11.6 Å². The Morgan fingerprint density at radius 1 is 1.50 bits per heavy atom.